The van der Waals surface area contributed by atoms with Gasteiger partial charge in [0, 0.05) is 56.2 Å². The third kappa shape index (κ3) is 4.40. The predicted octanol–water partition coefficient (Wildman–Crippen LogP) is 2.96. The largest absolute Gasteiger partial charge is 0.339 e. The molecule has 2 unspecified atom stereocenters. The van der Waals surface area contributed by atoms with Crippen molar-refractivity contribution >= 4 is 22.7 Å². The zero-order chi connectivity index (χ0) is 22.8. The molecule has 1 aromatic carbocycles. The summed E-state index contributed by atoms with van der Waals surface area (Å²) in [4.78, 5) is 29.0. The van der Waals surface area contributed by atoms with Crippen molar-refractivity contribution in [3.63, 3.8) is 0 Å². The van der Waals surface area contributed by atoms with E-state index in [-0.39, 0.29) is 23.9 Å². The number of piperazine rings is 1. The summed E-state index contributed by atoms with van der Waals surface area (Å²) in [7, 11) is 0. The fraction of sp³-hybridized carbons (Fsp3) is 0.538. The van der Waals surface area contributed by atoms with Crippen LogP contribution in [0.15, 0.2) is 24.4 Å². The van der Waals surface area contributed by atoms with Crippen molar-refractivity contribution in [2.45, 2.75) is 59.2 Å². The normalized spacial score (nSPS) is 20.8. The number of hydrogen-bond acceptors (Lipinski definition) is 3. The van der Waals surface area contributed by atoms with Crippen LogP contribution >= 0.6 is 0 Å². The molecule has 4 rings (SSSR count). The van der Waals surface area contributed by atoms with Crippen LogP contribution in [0.5, 0.6) is 0 Å². The van der Waals surface area contributed by atoms with E-state index in [2.05, 4.69) is 60.0 Å². The summed E-state index contributed by atoms with van der Waals surface area (Å²) in [5, 5.41) is 5.00. The molecule has 2 atom stereocenters. The second-order valence-corrected chi connectivity index (χ2v) is 9.39. The molecule has 0 spiro atoms. The van der Waals surface area contributed by atoms with Crippen LogP contribution in [0.1, 0.15) is 51.3 Å². The standard InChI is InChI=1S/C26H34N4O2/c1-5-6-10-30-17-20-16-23(26(32)29-13-11-28(12-14-29)19(4)31)27-22(15-18(2)3)21-8-7-9-24(30)25(20)21/h7-9,17-18,22-23,27H,10-16H2,1-4H3. The van der Waals surface area contributed by atoms with Gasteiger partial charge in [-0.25, -0.2) is 0 Å². The Balaban J connectivity index is 1.66. The number of hydrogen-bond donors (Lipinski definition) is 1. The summed E-state index contributed by atoms with van der Waals surface area (Å²) in [5.41, 5.74) is 3.69. The highest BCUT2D eigenvalue weighted by molar-refractivity contribution is 5.91. The van der Waals surface area contributed by atoms with Crippen LogP contribution in [-0.2, 0) is 22.6 Å². The maximum atomic E-state index is 13.6. The van der Waals surface area contributed by atoms with Gasteiger partial charge in [-0.3, -0.25) is 14.9 Å². The molecule has 0 aliphatic carbocycles. The van der Waals surface area contributed by atoms with Crippen molar-refractivity contribution in [1.29, 1.82) is 0 Å². The minimum atomic E-state index is -0.272. The number of carbonyl (C=O) groups is 2. The minimum absolute atomic E-state index is 0.0797. The number of benzene rings is 1. The van der Waals surface area contributed by atoms with Crippen molar-refractivity contribution < 1.29 is 9.59 Å². The summed E-state index contributed by atoms with van der Waals surface area (Å²) < 4.78 is 2.22. The minimum Gasteiger partial charge on any atom is -0.339 e. The molecule has 1 saturated heterocycles. The van der Waals surface area contributed by atoms with Crippen molar-refractivity contribution in [3.8, 4) is 11.8 Å². The number of nitrogens with one attached hydrogen (secondary N) is 1. The average Bonchev–Trinajstić information content (AvgIpc) is 3.05. The van der Waals surface area contributed by atoms with Crippen LogP contribution in [0.3, 0.4) is 0 Å². The maximum absolute atomic E-state index is 13.6. The number of amides is 2. The molecule has 2 aliphatic heterocycles. The van der Waals surface area contributed by atoms with E-state index >= 15 is 0 Å². The summed E-state index contributed by atoms with van der Waals surface area (Å²) >= 11 is 0. The molecule has 2 aromatic rings. The van der Waals surface area contributed by atoms with E-state index in [1.165, 1.54) is 22.0 Å². The van der Waals surface area contributed by atoms with Crippen LogP contribution in [-0.4, -0.2) is 58.4 Å². The van der Waals surface area contributed by atoms with E-state index in [9.17, 15) is 9.59 Å². The lowest BCUT2D eigenvalue weighted by Crippen LogP contribution is -2.55. The molecular weight excluding hydrogens is 400 g/mol. The Kier molecular flexibility index (Phi) is 6.57. The lowest BCUT2D eigenvalue weighted by atomic mass is 9.94. The second kappa shape index (κ2) is 9.38. The van der Waals surface area contributed by atoms with E-state index < -0.39 is 0 Å². The Morgan fingerprint density at radius 3 is 2.53 bits per heavy atom. The molecule has 32 heavy (non-hydrogen) atoms. The molecule has 0 bridgehead atoms. The number of rotatable bonds is 4. The lowest BCUT2D eigenvalue weighted by molar-refractivity contribution is -0.140. The third-order valence-electron chi connectivity index (χ3n) is 6.69. The number of aromatic nitrogens is 1. The highest BCUT2D eigenvalue weighted by Crippen LogP contribution is 2.36. The van der Waals surface area contributed by atoms with Crippen LogP contribution < -0.4 is 5.32 Å². The molecule has 0 saturated carbocycles. The lowest BCUT2D eigenvalue weighted by Gasteiger charge is -2.36. The van der Waals surface area contributed by atoms with E-state index in [0.29, 0.717) is 45.1 Å². The molecule has 2 aliphatic rings. The zero-order valence-electron chi connectivity index (χ0n) is 19.6. The highest BCUT2D eigenvalue weighted by atomic mass is 16.2. The second-order valence-electron chi connectivity index (χ2n) is 9.39. The summed E-state index contributed by atoms with van der Waals surface area (Å²) in [6, 6.07) is 6.34. The summed E-state index contributed by atoms with van der Waals surface area (Å²) in [6.45, 7) is 11.0. The summed E-state index contributed by atoms with van der Waals surface area (Å²) in [6.07, 6.45) is 3.83. The SMILES string of the molecule is CC#CCn1cc2c3c(cccc31)C(CC(C)C)NC(C(=O)N1CCN(C(C)=O)CC1)C2. The van der Waals surface area contributed by atoms with Crippen LogP contribution in [0, 0.1) is 17.8 Å². The molecule has 170 valence electrons. The van der Waals surface area contributed by atoms with Gasteiger partial charge in [0.2, 0.25) is 11.8 Å². The Morgan fingerprint density at radius 2 is 1.88 bits per heavy atom. The Bertz CT molecular complexity index is 1070. The molecule has 1 aromatic heterocycles. The first-order valence-electron chi connectivity index (χ1n) is 11.7. The summed E-state index contributed by atoms with van der Waals surface area (Å²) in [5.74, 6) is 6.91. The van der Waals surface area contributed by atoms with Crippen molar-refractivity contribution in [1.82, 2.24) is 19.7 Å². The smallest absolute Gasteiger partial charge is 0.240 e. The van der Waals surface area contributed by atoms with Gasteiger partial charge < -0.3 is 14.4 Å². The van der Waals surface area contributed by atoms with Gasteiger partial charge in [0.25, 0.3) is 0 Å². The van der Waals surface area contributed by atoms with Gasteiger partial charge in [-0.1, -0.05) is 31.9 Å². The fourth-order valence-corrected chi connectivity index (χ4v) is 5.11. The van der Waals surface area contributed by atoms with Crippen molar-refractivity contribution in [2.24, 2.45) is 5.92 Å². The highest BCUT2D eigenvalue weighted by Gasteiger charge is 2.34. The Morgan fingerprint density at radius 1 is 1.16 bits per heavy atom. The van der Waals surface area contributed by atoms with Gasteiger partial charge in [-0.15, -0.1) is 5.92 Å². The fourth-order valence-electron chi connectivity index (χ4n) is 5.11. The molecule has 6 heteroatoms. The number of nitrogens with zero attached hydrogens (tertiary/aromatic N) is 3. The Labute approximate surface area is 190 Å². The molecule has 0 radical (unpaired) electrons. The van der Waals surface area contributed by atoms with Crippen LogP contribution in [0.25, 0.3) is 10.9 Å². The van der Waals surface area contributed by atoms with Crippen molar-refractivity contribution in [2.75, 3.05) is 26.2 Å². The topological polar surface area (TPSA) is 57.6 Å². The first-order valence-corrected chi connectivity index (χ1v) is 11.7. The van der Waals surface area contributed by atoms with E-state index in [4.69, 9.17) is 0 Å². The first kappa shape index (κ1) is 22.4. The van der Waals surface area contributed by atoms with Gasteiger partial charge >= 0.3 is 0 Å². The van der Waals surface area contributed by atoms with Crippen molar-refractivity contribution in [3.05, 3.63) is 35.5 Å². The first-order chi connectivity index (χ1) is 15.4. The average molecular weight is 435 g/mol. The van der Waals surface area contributed by atoms with Gasteiger partial charge in [0.1, 0.15) is 0 Å². The molecule has 2 amide bonds. The van der Waals surface area contributed by atoms with E-state index in [1.54, 1.807) is 6.92 Å². The molecule has 1 fully saturated rings. The van der Waals surface area contributed by atoms with Crippen LogP contribution in [0.2, 0.25) is 0 Å². The quantitative estimate of drug-likeness (QED) is 0.753. The van der Waals surface area contributed by atoms with Gasteiger partial charge in [0.05, 0.1) is 12.6 Å². The molecule has 6 nitrogen and oxygen atoms in total. The zero-order valence-corrected chi connectivity index (χ0v) is 19.6. The maximum Gasteiger partial charge on any atom is 0.240 e. The monoisotopic (exact) mass is 434 g/mol. The van der Waals surface area contributed by atoms with E-state index in [0.717, 1.165) is 6.42 Å². The van der Waals surface area contributed by atoms with Gasteiger partial charge in [-0.05, 0) is 42.9 Å². The van der Waals surface area contributed by atoms with E-state index in [1.807, 2.05) is 16.7 Å². The molecular formula is C26H34N4O2. The van der Waals surface area contributed by atoms with Gasteiger partial charge in [0.15, 0.2) is 0 Å². The van der Waals surface area contributed by atoms with Gasteiger partial charge in [-0.2, -0.15) is 0 Å². The Hall–Kier alpha value is -2.78. The third-order valence-corrected chi connectivity index (χ3v) is 6.69. The number of carbonyl (C=O) groups excluding carboxylic acids is 2. The van der Waals surface area contributed by atoms with Crippen LogP contribution in [0.4, 0.5) is 0 Å². The molecule has 1 N–H and O–H groups in total. The molecule has 3 heterocycles. The predicted molar refractivity (Wildman–Crippen MR) is 127 cm³/mol.